The van der Waals surface area contributed by atoms with Gasteiger partial charge >= 0.3 is 6.18 Å². The quantitative estimate of drug-likeness (QED) is 0.218. The summed E-state index contributed by atoms with van der Waals surface area (Å²) in [5, 5.41) is 13.2. The fourth-order valence-electron chi connectivity index (χ4n) is 3.33. The van der Waals surface area contributed by atoms with Crippen molar-refractivity contribution in [2.24, 2.45) is 9.98 Å². The number of hydrogen-bond donors (Lipinski definition) is 1. The third kappa shape index (κ3) is 9.24. The van der Waals surface area contributed by atoms with Gasteiger partial charge in [0.2, 0.25) is 0 Å². The molecule has 206 valence electrons. The van der Waals surface area contributed by atoms with Crippen LogP contribution in [-0.4, -0.2) is 42.1 Å². The Labute approximate surface area is 227 Å². The van der Waals surface area contributed by atoms with Gasteiger partial charge < -0.3 is 10.1 Å². The summed E-state index contributed by atoms with van der Waals surface area (Å²) in [4.78, 5) is 8.49. The molecule has 1 aromatic heterocycles. The van der Waals surface area contributed by atoms with Gasteiger partial charge in [-0.1, -0.05) is 56.3 Å². The molecule has 38 heavy (non-hydrogen) atoms. The number of nitrogens with one attached hydrogen (secondary N) is 1. The average molecular weight is 548 g/mol. The van der Waals surface area contributed by atoms with Gasteiger partial charge in [0, 0.05) is 22.9 Å². The maximum absolute atomic E-state index is 13.4. The van der Waals surface area contributed by atoms with Crippen molar-refractivity contribution in [3.05, 3.63) is 64.0 Å². The van der Waals surface area contributed by atoms with Crippen LogP contribution in [0.15, 0.2) is 57.8 Å². The maximum Gasteiger partial charge on any atom is 0.433 e. The zero-order chi connectivity index (χ0) is 28.1. The van der Waals surface area contributed by atoms with Gasteiger partial charge in [0.1, 0.15) is 27.3 Å². The molecule has 0 saturated carbocycles. The molecule has 0 aliphatic heterocycles. The molecular weight excluding hydrogens is 511 g/mol. The number of amidine groups is 1. The van der Waals surface area contributed by atoms with E-state index in [4.69, 9.17) is 9.73 Å². The van der Waals surface area contributed by atoms with E-state index in [0.29, 0.717) is 30.0 Å². The lowest BCUT2D eigenvalue weighted by Crippen LogP contribution is -2.21. The Bertz CT molecular complexity index is 1210. The van der Waals surface area contributed by atoms with E-state index in [2.05, 4.69) is 27.4 Å². The number of aryl methyl sites for hydroxylation is 1. The number of hydrogen-bond acceptors (Lipinski definition) is 6. The smallest absolute Gasteiger partial charge is 0.433 e. The summed E-state index contributed by atoms with van der Waals surface area (Å²) in [6, 6.07) is 3.88. The molecule has 10 heteroatoms. The summed E-state index contributed by atoms with van der Waals surface area (Å²) >= 11 is 1.47. The van der Waals surface area contributed by atoms with Crippen molar-refractivity contribution in [3.63, 3.8) is 0 Å². The molecule has 6 nitrogen and oxygen atoms in total. The molecule has 0 saturated heterocycles. The zero-order valence-corrected chi connectivity index (χ0v) is 23.6. The van der Waals surface area contributed by atoms with Gasteiger partial charge in [-0.2, -0.15) is 13.2 Å². The number of halogens is 3. The zero-order valence-electron chi connectivity index (χ0n) is 22.8. The molecule has 0 fully saturated rings. The van der Waals surface area contributed by atoms with Crippen molar-refractivity contribution < 1.29 is 17.9 Å². The number of aromatic nitrogens is 2. The fraction of sp³-hybridized carbons (Fsp3) is 0.429. The van der Waals surface area contributed by atoms with Crippen molar-refractivity contribution in [1.82, 2.24) is 15.5 Å². The van der Waals surface area contributed by atoms with Crippen molar-refractivity contribution in [2.75, 3.05) is 13.7 Å². The molecule has 0 radical (unpaired) electrons. The Morgan fingerprint density at radius 3 is 2.45 bits per heavy atom. The summed E-state index contributed by atoms with van der Waals surface area (Å²) in [5.41, 5.74) is 2.15. The highest BCUT2D eigenvalue weighted by atomic mass is 32.1. The number of ether oxygens (including phenoxy) is 1. The molecular formula is C28H36F3N5OS. The van der Waals surface area contributed by atoms with Crippen LogP contribution in [0.1, 0.15) is 62.6 Å². The number of aliphatic imine (C=N–C) groups is 2. The molecule has 0 unspecified atom stereocenters. The first-order chi connectivity index (χ1) is 18.1. The van der Waals surface area contributed by atoms with Crippen molar-refractivity contribution in [2.45, 2.75) is 66.5 Å². The Hall–Kier alpha value is -3.27. The summed E-state index contributed by atoms with van der Waals surface area (Å²) in [5.74, 6) is 1.22. The van der Waals surface area contributed by atoms with Gasteiger partial charge in [-0.25, -0.2) is 0 Å². The van der Waals surface area contributed by atoms with Crippen LogP contribution in [-0.2, 0) is 0 Å². The van der Waals surface area contributed by atoms with Crippen molar-refractivity contribution in [1.29, 1.82) is 0 Å². The lowest BCUT2D eigenvalue weighted by molar-refractivity contribution is -0.0925. The Kier molecular flexibility index (Phi) is 12.4. The number of alkyl halides is 3. The molecule has 0 spiro atoms. The summed E-state index contributed by atoms with van der Waals surface area (Å²) < 4.78 is 45.7. The molecule has 2 aromatic rings. The summed E-state index contributed by atoms with van der Waals surface area (Å²) in [7, 11) is 1.60. The minimum absolute atomic E-state index is 0.132. The van der Waals surface area contributed by atoms with E-state index in [1.54, 1.807) is 20.1 Å². The molecule has 0 atom stereocenters. The minimum Gasteiger partial charge on any atom is -0.496 e. The van der Waals surface area contributed by atoms with Crippen LogP contribution < -0.4 is 10.1 Å². The molecule has 0 aliphatic carbocycles. The van der Waals surface area contributed by atoms with E-state index in [9.17, 15) is 13.2 Å². The number of rotatable bonds is 12. The summed E-state index contributed by atoms with van der Waals surface area (Å²) in [6.07, 6.45) is 6.18. The van der Waals surface area contributed by atoms with Gasteiger partial charge in [0.05, 0.1) is 13.7 Å². The average Bonchev–Trinajstić information content (AvgIpc) is 3.32. The lowest BCUT2D eigenvalue weighted by Gasteiger charge is -2.15. The molecule has 2 rings (SSSR count). The van der Waals surface area contributed by atoms with Gasteiger partial charge in [0.15, 0.2) is 0 Å². The molecule has 1 heterocycles. The van der Waals surface area contributed by atoms with E-state index in [1.807, 2.05) is 45.2 Å². The number of allylic oxidation sites excluding steroid dienone is 4. The van der Waals surface area contributed by atoms with Gasteiger partial charge in [0.25, 0.3) is 0 Å². The molecule has 0 amide bonds. The van der Waals surface area contributed by atoms with Crippen LogP contribution in [0.2, 0.25) is 0 Å². The Morgan fingerprint density at radius 2 is 1.87 bits per heavy atom. The van der Waals surface area contributed by atoms with Gasteiger partial charge in [-0.3, -0.25) is 9.98 Å². The number of benzene rings is 1. The van der Waals surface area contributed by atoms with Crippen LogP contribution in [0.3, 0.4) is 0 Å². The van der Waals surface area contributed by atoms with Crippen LogP contribution >= 0.6 is 11.3 Å². The van der Waals surface area contributed by atoms with Gasteiger partial charge in [-0.15, -0.1) is 10.2 Å². The van der Waals surface area contributed by atoms with Crippen molar-refractivity contribution in [3.8, 4) is 16.3 Å². The highest BCUT2D eigenvalue weighted by Gasteiger charge is 2.33. The second-order valence-corrected chi connectivity index (χ2v) is 9.66. The Morgan fingerprint density at radius 1 is 1.13 bits per heavy atom. The predicted octanol–water partition coefficient (Wildman–Crippen LogP) is 7.74. The van der Waals surface area contributed by atoms with E-state index in [-0.39, 0.29) is 6.54 Å². The fourth-order valence-corrected chi connectivity index (χ4v) is 4.01. The van der Waals surface area contributed by atoms with Crippen LogP contribution in [0.5, 0.6) is 5.75 Å². The topological polar surface area (TPSA) is 71.8 Å². The van der Waals surface area contributed by atoms with Gasteiger partial charge in [-0.05, 0) is 57.5 Å². The third-order valence-corrected chi connectivity index (χ3v) is 6.37. The first-order valence-corrected chi connectivity index (χ1v) is 13.4. The predicted molar refractivity (Wildman–Crippen MR) is 151 cm³/mol. The monoisotopic (exact) mass is 547 g/mol. The summed E-state index contributed by atoms with van der Waals surface area (Å²) in [6.45, 7) is 9.62. The highest BCUT2D eigenvalue weighted by molar-refractivity contribution is 7.14. The molecule has 1 aromatic carbocycles. The molecule has 0 bridgehead atoms. The molecule has 1 N–H and O–H groups in total. The largest absolute Gasteiger partial charge is 0.496 e. The van der Waals surface area contributed by atoms with Crippen LogP contribution in [0, 0.1) is 13.8 Å². The SMILES string of the molecule is C\C=C(/C=N/C(=C/CCC)C(F)(F)F)CN=C(N/C=C/CCC)c1cc(-c2nnc(C)s2)cc(OC)c1C. The van der Waals surface area contributed by atoms with E-state index < -0.39 is 11.9 Å². The molecule has 0 aliphatic rings. The Balaban J connectivity index is 2.49. The van der Waals surface area contributed by atoms with Crippen molar-refractivity contribution >= 4 is 23.4 Å². The maximum atomic E-state index is 13.4. The van der Waals surface area contributed by atoms with Crippen LogP contribution in [0.25, 0.3) is 10.6 Å². The highest BCUT2D eigenvalue weighted by Crippen LogP contribution is 2.32. The second kappa shape index (κ2) is 15.2. The van der Waals surface area contributed by atoms with E-state index in [1.165, 1.54) is 17.6 Å². The third-order valence-electron chi connectivity index (χ3n) is 5.48. The lowest BCUT2D eigenvalue weighted by atomic mass is 10.0. The first-order valence-electron chi connectivity index (χ1n) is 12.6. The standard InChI is InChI=1S/C28H36F3N5OS/c1-7-10-12-14-32-26(34-18-21(9-3)17-33-25(13-11-8-2)28(29,30)31)23-15-22(16-24(37-6)19(23)4)27-36-35-20(5)38-27/h9,12-17H,7-8,10-11,18H2,1-6H3,(H,32,34)/b14-12+,21-9+,25-13+,33-17+. The second-order valence-electron chi connectivity index (χ2n) is 8.48. The normalized spacial score (nSPS) is 13.7. The number of methoxy groups -OCH3 is 1. The first kappa shape index (κ1) is 31.0. The number of unbranched alkanes of at least 4 members (excludes halogenated alkanes) is 2. The number of nitrogens with zero attached hydrogens (tertiary/aromatic N) is 4. The minimum atomic E-state index is -4.51. The van der Waals surface area contributed by atoms with E-state index >= 15 is 0 Å². The van der Waals surface area contributed by atoms with Crippen LogP contribution in [0.4, 0.5) is 13.2 Å². The van der Waals surface area contributed by atoms with E-state index in [0.717, 1.165) is 45.6 Å².